The van der Waals surface area contributed by atoms with E-state index >= 15 is 0 Å². The number of amides is 1. The van der Waals surface area contributed by atoms with E-state index < -0.39 is 11.7 Å². The molecule has 0 atom stereocenters. The first-order valence-electron chi connectivity index (χ1n) is 9.56. The van der Waals surface area contributed by atoms with Crippen LogP contribution in [-0.4, -0.2) is 29.5 Å². The lowest BCUT2D eigenvalue weighted by Crippen LogP contribution is -2.25. The number of carbonyl (C=O) groups is 2. The minimum atomic E-state index is -0.729. The van der Waals surface area contributed by atoms with Gasteiger partial charge in [-0.3, -0.25) is 9.59 Å². The van der Waals surface area contributed by atoms with Crippen molar-refractivity contribution in [2.75, 3.05) is 18.5 Å². The molecule has 1 amide bonds. The van der Waals surface area contributed by atoms with Crippen LogP contribution in [0.3, 0.4) is 0 Å². The first kappa shape index (κ1) is 20.2. The molecular weight excluding hydrogens is 368 g/mol. The summed E-state index contributed by atoms with van der Waals surface area (Å²) >= 11 is 0. The van der Waals surface area contributed by atoms with E-state index in [9.17, 15) is 9.59 Å². The molecule has 1 heterocycles. The molecule has 6 nitrogen and oxygen atoms in total. The molecule has 0 radical (unpaired) electrons. The highest BCUT2D eigenvalue weighted by Crippen LogP contribution is 2.29. The zero-order chi connectivity index (χ0) is 20.6. The van der Waals surface area contributed by atoms with Gasteiger partial charge in [0.1, 0.15) is 11.5 Å². The number of Topliss-reactive ketones (excluding diaryl/α,β-unsaturated/α-hetero) is 1. The highest BCUT2D eigenvalue weighted by Gasteiger charge is 2.21. The van der Waals surface area contributed by atoms with E-state index in [0.29, 0.717) is 42.6 Å². The minimum absolute atomic E-state index is 0.324. The van der Waals surface area contributed by atoms with Gasteiger partial charge >= 0.3 is 0 Å². The average Bonchev–Trinajstić information content (AvgIpc) is 3.18. The molecule has 0 fully saturated rings. The Balaban J connectivity index is 1.79. The molecule has 0 bridgehead atoms. The van der Waals surface area contributed by atoms with Gasteiger partial charge in [-0.05, 0) is 43.7 Å². The molecule has 1 N–H and O–H groups in total. The van der Waals surface area contributed by atoms with E-state index in [1.54, 1.807) is 41.1 Å². The van der Waals surface area contributed by atoms with Crippen molar-refractivity contribution in [1.29, 1.82) is 0 Å². The SMILES string of the molecule is CCOc1ccc(OCC)c(NC(=O)C(=O)c2cccn2Cc2ccccc2)c1. The monoisotopic (exact) mass is 392 g/mol. The maximum absolute atomic E-state index is 12.8. The molecule has 0 unspecified atom stereocenters. The second kappa shape index (κ2) is 9.59. The van der Waals surface area contributed by atoms with Gasteiger partial charge < -0.3 is 19.4 Å². The molecule has 0 spiro atoms. The fraction of sp³-hybridized carbons (Fsp3) is 0.217. The molecule has 0 saturated carbocycles. The van der Waals surface area contributed by atoms with Crippen LogP contribution in [0.25, 0.3) is 0 Å². The van der Waals surface area contributed by atoms with Crippen molar-refractivity contribution in [3.63, 3.8) is 0 Å². The van der Waals surface area contributed by atoms with Crippen molar-refractivity contribution in [2.24, 2.45) is 0 Å². The maximum atomic E-state index is 12.8. The van der Waals surface area contributed by atoms with Gasteiger partial charge in [0.05, 0.1) is 24.6 Å². The van der Waals surface area contributed by atoms with Gasteiger partial charge in [0, 0.05) is 18.8 Å². The van der Waals surface area contributed by atoms with Gasteiger partial charge in [0.15, 0.2) is 0 Å². The third-order valence-electron chi connectivity index (χ3n) is 4.27. The smallest absolute Gasteiger partial charge is 0.298 e. The number of nitrogens with one attached hydrogen (secondary N) is 1. The van der Waals surface area contributed by atoms with E-state index in [-0.39, 0.29) is 0 Å². The van der Waals surface area contributed by atoms with Gasteiger partial charge in [-0.1, -0.05) is 30.3 Å². The van der Waals surface area contributed by atoms with Crippen LogP contribution < -0.4 is 14.8 Å². The summed E-state index contributed by atoms with van der Waals surface area (Å²) in [6.45, 7) is 5.16. The summed E-state index contributed by atoms with van der Waals surface area (Å²) in [4.78, 5) is 25.5. The molecule has 29 heavy (non-hydrogen) atoms. The standard InChI is InChI=1S/C23H24N2O4/c1-3-28-18-12-13-21(29-4-2)19(15-18)24-23(27)22(26)20-11-8-14-25(20)16-17-9-6-5-7-10-17/h5-15H,3-4,16H2,1-2H3,(H,24,27). The van der Waals surface area contributed by atoms with Crippen LogP contribution in [0.15, 0.2) is 66.9 Å². The molecule has 150 valence electrons. The van der Waals surface area contributed by atoms with E-state index in [4.69, 9.17) is 9.47 Å². The zero-order valence-electron chi connectivity index (χ0n) is 16.6. The molecular formula is C23H24N2O4. The summed E-state index contributed by atoms with van der Waals surface area (Å²) in [5.74, 6) is -0.272. The Morgan fingerprint density at radius 3 is 2.41 bits per heavy atom. The van der Waals surface area contributed by atoms with Crippen molar-refractivity contribution < 1.29 is 19.1 Å². The maximum Gasteiger partial charge on any atom is 0.298 e. The number of ether oxygens (including phenoxy) is 2. The number of ketones is 1. The van der Waals surface area contributed by atoms with Crippen molar-refractivity contribution in [3.05, 3.63) is 78.1 Å². The van der Waals surface area contributed by atoms with Crippen LogP contribution in [0, 0.1) is 0 Å². The quantitative estimate of drug-likeness (QED) is 0.439. The summed E-state index contributed by atoms with van der Waals surface area (Å²) in [5, 5.41) is 2.67. The molecule has 0 saturated heterocycles. The third kappa shape index (κ3) is 5.04. The molecule has 1 aromatic heterocycles. The van der Waals surface area contributed by atoms with Gasteiger partial charge in [-0.25, -0.2) is 0 Å². The Bertz CT molecular complexity index is 980. The fourth-order valence-corrected chi connectivity index (χ4v) is 2.98. The highest BCUT2D eigenvalue weighted by molar-refractivity contribution is 6.46. The van der Waals surface area contributed by atoms with Crippen LogP contribution >= 0.6 is 0 Å². The largest absolute Gasteiger partial charge is 0.494 e. The van der Waals surface area contributed by atoms with Crippen LogP contribution in [0.1, 0.15) is 29.9 Å². The Labute approximate surface area is 170 Å². The summed E-state index contributed by atoms with van der Waals surface area (Å²) in [5.41, 5.74) is 1.77. The first-order valence-corrected chi connectivity index (χ1v) is 9.56. The molecule has 3 rings (SSSR count). The predicted molar refractivity (Wildman–Crippen MR) is 112 cm³/mol. The number of carbonyl (C=O) groups excluding carboxylic acids is 2. The van der Waals surface area contributed by atoms with E-state index in [2.05, 4.69) is 5.32 Å². The Morgan fingerprint density at radius 2 is 1.69 bits per heavy atom. The number of aromatic nitrogens is 1. The molecule has 0 aliphatic heterocycles. The second-order valence-corrected chi connectivity index (χ2v) is 6.31. The minimum Gasteiger partial charge on any atom is -0.494 e. The van der Waals surface area contributed by atoms with Crippen LogP contribution in [0.5, 0.6) is 11.5 Å². The lowest BCUT2D eigenvalue weighted by atomic mass is 10.2. The topological polar surface area (TPSA) is 69.6 Å². The number of nitrogens with zero attached hydrogens (tertiary/aromatic N) is 1. The molecule has 0 aliphatic rings. The van der Waals surface area contributed by atoms with E-state index in [1.165, 1.54) is 0 Å². The van der Waals surface area contributed by atoms with Gasteiger partial charge in [0.2, 0.25) is 0 Å². The van der Waals surface area contributed by atoms with Crippen LogP contribution in [-0.2, 0) is 11.3 Å². The third-order valence-corrected chi connectivity index (χ3v) is 4.27. The summed E-state index contributed by atoms with van der Waals surface area (Å²) in [7, 11) is 0. The Kier molecular flexibility index (Phi) is 6.68. The van der Waals surface area contributed by atoms with E-state index in [0.717, 1.165) is 5.56 Å². The first-order chi connectivity index (χ1) is 14.1. The lowest BCUT2D eigenvalue weighted by Gasteiger charge is -2.14. The lowest BCUT2D eigenvalue weighted by molar-refractivity contribution is -0.112. The Morgan fingerprint density at radius 1 is 0.931 bits per heavy atom. The molecule has 2 aromatic carbocycles. The van der Waals surface area contributed by atoms with Crippen molar-refractivity contribution in [3.8, 4) is 11.5 Å². The highest BCUT2D eigenvalue weighted by atomic mass is 16.5. The van der Waals surface area contributed by atoms with Gasteiger partial charge in [0.25, 0.3) is 11.7 Å². The van der Waals surface area contributed by atoms with Crippen molar-refractivity contribution >= 4 is 17.4 Å². The van der Waals surface area contributed by atoms with Crippen molar-refractivity contribution in [2.45, 2.75) is 20.4 Å². The summed E-state index contributed by atoms with van der Waals surface area (Å²) in [6.07, 6.45) is 1.79. The fourth-order valence-electron chi connectivity index (χ4n) is 2.98. The van der Waals surface area contributed by atoms with Gasteiger partial charge in [-0.2, -0.15) is 0 Å². The summed E-state index contributed by atoms with van der Waals surface area (Å²) < 4.78 is 12.8. The van der Waals surface area contributed by atoms with Gasteiger partial charge in [-0.15, -0.1) is 0 Å². The summed E-state index contributed by atoms with van der Waals surface area (Å²) in [6, 6.07) is 18.3. The molecule has 6 heteroatoms. The predicted octanol–water partition coefficient (Wildman–Crippen LogP) is 4.16. The number of rotatable bonds is 9. The van der Waals surface area contributed by atoms with Crippen LogP contribution in [0.4, 0.5) is 5.69 Å². The van der Waals surface area contributed by atoms with Crippen molar-refractivity contribution in [1.82, 2.24) is 4.57 Å². The number of hydrogen-bond donors (Lipinski definition) is 1. The van der Waals surface area contributed by atoms with E-state index in [1.807, 2.05) is 44.2 Å². The number of anilines is 1. The Hall–Kier alpha value is -3.54. The number of hydrogen-bond acceptors (Lipinski definition) is 4. The molecule has 0 aliphatic carbocycles. The second-order valence-electron chi connectivity index (χ2n) is 6.31. The average molecular weight is 392 g/mol. The molecule has 3 aromatic rings. The zero-order valence-corrected chi connectivity index (χ0v) is 16.6. The normalized spacial score (nSPS) is 10.4. The van der Waals surface area contributed by atoms with Crippen LogP contribution in [0.2, 0.25) is 0 Å². The number of benzene rings is 2.